The van der Waals surface area contributed by atoms with E-state index in [9.17, 15) is 0 Å². The van der Waals surface area contributed by atoms with Gasteiger partial charge >= 0.3 is 0 Å². The smallest absolute Gasteiger partial charge is 0.136 e. The second-order valence-electron chi connectivity index (χ2n) is 17.7. The third-order valence-electron chi connectivity index (χ3n) is 13.6. The molecule has 3 nitrogen and oxygen atoms in total. The van der Waals surface area contributed by atoms with Gasteiger partial charge < -0.3 is 13.9 Å². The average molecular weight is 881 g/mol. The van der Waals surface area contributed by atoms with Crippen molar-refractivity contribution in [2.75, 3.05) is 4.90 Å². The summed E-state index contributed by atoms with van der Waals surface area (Å²) in [6.45, 7) is 0. The van der Waals surface area contributed by atoms with Gasteiger partial charge in [-0.25, -0.2) is 0 Å². The van der Waals surface area contributed by atoms with E-state index >= 15 is 0 Å². The number of rotatable bonds is 9. The van der Waals surface area contributed by atoms with Crippen molar-refractivity contribution in [1.82, 2.24) is 4.57 Å². The van der Waals surface area contributed by atoms with E-state index in [1.165, 1.54) is 49.6 Å². The Kier molecular flexibility index (Phi) is 9.84. The van der Waals surface area contributed by atoms with Crippen LogP contribution in [0.2, 0.25) is 0 Å². The summed E-state index contributed by atoms with van der Waals surface area (Å²) in [5.74, 6) is 0. The third-order valence-corrected chi connectivity index (χ3v) is 13.6. The third kappa shape index (κ3) is 7.16. The van der Waals surface area contributed by atoms with Gasteiger partial charge in [-0.2, -0.15) is 0 Å². The molecule has 69 heavy (non-hydrogen) atoms. The molecule has 13 aromatic rings. The summed E-state index contributed by atoms with van der Waals surface area (Å²) in [7, 11) is 0. The number of benzene rings is 11. The Balaban J connectivity index is 0.886. The molecular formula is C66H44N2O. The number of para-hydroxylation sites is 4. The summed E-state index contributed by atoms with van der Waals surface area (Å²) in [5, 5.41) is 4.76. The Hall–Kier alpha value is -9.18. The number of aromatic nitrogens is 1. The lowest BCUT2D eigenvalue weighted by atomic mass is 9.94. The minimum atomic E-state index is 0.876. The van der Waals surface area contributed by atoms with E-state index in [0.29, 0.717) is 0 Å². The van der Waals surface area contributed by atoms with Gasteiger partial charge in [0.2, 0.25) is 0 Å². The van der Waals surface area contributed by atoms with Gasteiger partial charge in [-0.05, 0) is 129 Å². The highest BCUT2D eigenvalue weighted by atomic mass is 16.3. The van der Waals surface area contributed by atoms with E-state index < -0.39 is 0 Å². The molecule has 0 N–H and O–H groups in total. The zero-order valence-electron chi connectivity index (χ0n) is 37.7. The Bertz CT molecular complexity index is 3960. The van der Waals surface area contributed by atoms with Crippen molar-refractivity contribution < 1.29 is 4.42 Å². The Morgan fingerprint density at radius 3 is 1.45 bits per heavy atom. The number of nitrogens with zero attached hydrogens (tertiary/aromatic N) is 2. The normalized spacial score (nSPS) is 11.5. The van der Waals surface area contributed by atoms with Gasteiger partial charge in [-0.15, -0.1) is 0 Å². The predicted octanol–water partition coefficient (Wildman–Crippen LogP) is 18.5. The molecule has 0 saturated heterocycles. The van der Waals surface area contributed by atoms with Gasteiger partial charge in [0.15, 0.2) is 0 Å². The highest BCUT2D eigenvalue weighted by Gasteiger charge is 2.20. The van der Waals surface area contributed by atoms with Crippen molar-refractivity contribution in [3.63, 3.8) is 0 Å². The number of hydrogen-bond acceptors (Lipinski definition) is 2. The number of fused-ring (bicyclic) bond motifs is 6. The zero-order chi connectivity index (χ0) is 45.7. The van der Waals surface area contributed by atoms with Crippen molar-refractivity contribution in [3.8, 4) is 61.3 Å². The minimum absolute atomic E-state index is 0.876. The van der Waals surface area contributed by atoms with Crippen molar-refractivity contribution in [3.05, 3.63) is 267 Å². The van der Waals surface area contributed by atoms with Gasteiger partial charge in [-0.3, -0.25) is 0 Å². The molecule has 3 heteroatoms. The maximum Gasteiger partial charge on any atom is 0.136 e. The van der Waals surface area contributed by atoms with Crippen LogP contribution in [0.1, 0.15) is 0 Å². The molecule has 0 radical (unpaired) electrons. The summed E-state index contributed by atoms with van der Waals surface area (Å²) in [4.78, 5) is 2.38. The largest absolute Gasteiger partial charge is 0.456 e. The van der Waals surface area contributed by atoms with Crippen LogP contribution in [0.4, 0.5) is 17.1 Å². The van der Waals surface area contributed by atoms with Crippen molar-refractivity contribution in [2.24, 2.45) is 0 Å². The van der Waals surface area contributed by atoms with Crippen LogP contribution >= 0.6 is 0 Å². The fourth-order valence-electron chi connectivity index (χ4n) is 10.3. The standard InChI is InChI=1S/C66H44N2O/c1-2-16-46(17-3-1)55-22-4-5-23-56(55)47-34-39-53(40-35-47)67(62-28-10-6-24-57(62)51-36-41-61-60-27-9-13-31-65(60)69-66(61)44-51)52-37-32-45(33-38-52)48-18-14-19-49(42-48)50-20-15-21-54(43-50)68-63-29-11-7-25-58(63)59-26-8-12-30-64(59)68/h1-44H. The van der Waals surface area contributed by atoms with Gasteiger partial charge in [0.05, 0.1) is 16.7 Å². The van der Waals surface area contributed by atoms with E-state index in [1.54, 1.807) is 0 Å². The summed E-state index contributed by atoms with van der Waals surface area (Å²) >= 11 is 0. The van der Waals surface area contributed by atoms with Crippen LogP contribution in [0.5, 0.6) is 0 Å². The molecular weight excluding hydrogens is 837 g/mol. The first-order valence-electron chi connectivity index (χ1n) is 23.6. The lowest BCUT2D eigenvalue weighted by molar-refractivity contribution is 0.669. The van der Waals surface area contributed by atoms with Gasteiger partial charge in [0, 0.05) is 44.2 Å². The second-order valence-corrected chi connectivity index (χ2v) is 17.7. The van der Waals surface area contributed by atoms with Gasteiger partial charge in [0.25, 0.3) is 0 Å². The second kappa shape index (κ2) is 16.9. The monoisotopic (exact) mass is 880 g/mol. The molecule has 0 fully saturated rings. The fraction of sp³-hybridized carbons (Fsp3) is 0. The van der Waals surface area contributed by atoms with Crippen LogP contribution in [-0.4, -0.2) is 4.57 Å². The maximum atomic E-state index is 6.41. The summed E-state index contributed by atoms with van der Waals surface area (Å²) in [5.41, 5.74) is 20.2. The molecule has 0 amide bonds. The Morgan fingerprint density at radius 2 is 0.754 bits per heavy atom. The molecule has 324 valence electrons. The molecule has 0 bridgehead atoms. The van der Waals surface area contributed by atoms with E-state index in [0.717, 1.165) is 72.5 Å². The van der Waals surface area contributed by atoms with Crippen LogP contribution in [0.25, 0.3) is 105 Å². The summed E-state index contributed by atoms with van der Waals surface area (Å²) < 4.78 is 8.80. The minimum Gasteiger partial charge on any atom is -0.456 e. The lowest BCUT2D eigenvalue weighted by Gasteiger charge is -2.28. The number of anilines is 3. The lowest BCUT2D eigenvalue weighted by Crippen LogP contribution is -2.11. The first kappa shape index (κ1) is 40.1. The molecule has 0 aliphatic carbocycles. The fourth-order valence-corrected chi connectivity index (χ4v) is 10.3. The summed E-state index contributed by atoms with van der Waals surface area (Å²) in [6.07, 6.45) is 0. The Labute approximate surface area is 401 Å². The topological polar surface area (TPSA) is 21.3 Å². The van der Waals surface area contributed by atoms with E-state index in [4.69, 9.17) is 4.42 Å². The van der Waals surface area contributed by atoms with Crippen LogP contribution in [-0.2, 0) is 0 Å². The van der Waals surface area contributed by atoms with Crippen LogP contribution < -0.4 is 4.90 Å². The van der Waals surface area contributed by atoms with Crippen molar-refractivity contribution in [2.45, 2.75) is 0 Å². The molecule has 13 rings (SSSR count). The quantitative estimate of drug-likeness (QED) is 0.144. The van der Waals surface area contributed by atoms with Crippen LogP contribution in [0, 0.1) is 0 Å². The van der Waals surface area contributed by atoms with Crippen molar-refractivity contribution >= 4 is 60.8 Å². The van der Waals surface area contributed by atoms with E-state index in [1.807, 2.05) is 12.1 Å². The molecule has 2 heterocycles. The highest BCUT2D eigenvalue weighted by molar-refractivity contribution is 6.09. The molecule has 0 spiro atoms. The maximum absolute atomic E-state index is 6.41. The molecule has 0 atom stereocenters. The van der Waals surface area contributed by atoms with E-state index in [2.05, 4.69) is 264 Å². The molecule has 0 aliphatic heterocycles. The van der Waals surface area contributed by atoms with Crippen LogP contribution in [0.3, 0.4) is 0 Å². The molecule has 0 saturated carbocycles. The first-order valence-corrected chi connectivity index (χ1v) is 23.6. The number of furan rings is 1. The zero-order valence-corrected chi connectivity index (χ0v) is 37.7. The van der Waals surface area contributed by atoms with Gasteiger partial charge in [0.1, 0.15) is 11.2 Å². The van der Waals surface area contributed by atoms with Gasteiger partial charge in [-0.1, -0.05) is 188 Å². The predicted molar refractivity (Wildman–Crippen MR) is 290 cm³/mol. The first-order chi connectivity index (χ1) is 34.2. The molecule has 0 aliphatic rings. The number of hydrogen-bond donors (Lipinski definition) is 0. The Morgan fingerprint density at radius 1 is 0.275 bits per heavy atom. The summed E-state index contributed by atoms with van der Waals surface area (Å²) in [6, 6.07) is 96.1. The van der Waals surface area contributed by atoms with E-state index in [-0.39, 0.29) is 0 Å². The highest BCUT2D eigenvalue weighted by Crippen LogP contribution is 2.44. The van der Waals surface area contributed by atoms with Crippen LogP contribution in [0.15, 0.2) is 271 Å². The molecule has 2 aromatic heterocycles. The average Bonchev–Trinajstić information content (AvgIpc) is 3.97. The SMILES string of the molecule is c1ccc(-c2ccccc2-c2ccc(N(c3ccc(-c4cccc(-c5cccc(-n6c7ccccc7c7ccccc76)c5)c4)cc3)c3ccccc3-c3ccc4c(c3)oc3ccccc34)cc2)cc1. The molecule has 0 unspecified atom stereocenters. The molecule has 11 aromatic carbocycles. The van der Waals surface area contributed by atoms with Crippen molar-refractivity contribution in [1.29, 1.82) is 0 Å².